The molecule has 10 heteroatoms. The van der Waals surface area contributed by atoms with E-state index in [1.54, 1.807) is 6.20 Å². The van der Waals surface area contributed by atoms with Gasteiger partial charge in [0.2, 0.25) is 11.9 Å². The number of carbonyl (C=O) groups is 2. The number of nitrogens with zero attached hydrogens (tertiary/aromatic N) is 5. The summed E-state index contributed by atoms with van der Waals surface area (Å²) in [5.74, 6) is 0.583. The molecule has 0 radical (unpaired) electrons. The molecular formula is C29H35N7O3. The molecule has 0 saturated carbocycles. The number of benzene rings is 2. The maximum atomic E-state index is 12.3. The summed E-state index contributed by atoms with van der Waals surface area (Å²) in [6.45, 7) is 4.18. The van der Waals surface area contributed by atoms with Crippen LogP contribution in [0.3, 0.4) is 0 Å². The number of ether oxygens (including phenoxy) is 1. The maximum absolute atomic E-state index is 12.3. The molecule has 2 N–H and O–H groups in total. The lowest BCUT2D eigenvalue weighted by molar-refractivity contribution is -0.132. The fourth-order valence-corrected chi connectivity index (χ4v) is 4.78. The number of nitrogens with one attached hydrogen (secondary N) is 2. The highest BCUT2D eigenvalue weighted by Crippen LogP contribution is 2.24. The fraction of sp³-hybridized carbons (Fsp3) is 0.379. The van der Waals surface area contributed by atoms with E-state index in [1.807, 2.05) is 66.4 Å². The first kappa shape index (κ1) is 26.6. The Morgan fingerprint density at radius 1 is 0.974 bits per heavy atom. The molecule has 2 amide bonds. The Hall–Kier alpha value is -4.02. The maximum Gasteiger partial charge on any atom is 0.253 e. The quantitative estimate of drug-likeness (QED) is 0.459. The number of anilines is 4. The predicted octanol–water partition coefficient (Wildman–Crippen LogP) is 3.21. The summed E-state index contributed by atoms with van der Waals surface area (Å²) in [7, 11) is 3.83. The molecule has 2 aliphatic heterocycles. The first-order chi connectivity index (χ1) is 18.9. The number of hydrogen-bond acceptors (Lipinski definition) is 8. The number of hydrogen-bond donors (Lipinski definition) is 2. The zero-order chi connectivity index (χ0) is 27.2. The van der Waals surface area contributed by atoms with Crippen molar-refractivity contribution in [2.24, 2.45) is 0 Å². The van der Waals surface area contributed by atoms with Crippen LogP contribution in [-0.4, -0.2) is 91.1 Å². The summed E-state index contributed by atoms with van der Waals surface area (Å²) in [6, 6.07) is 17.6. The zero-order valence-corrected chi connectivity index (χ0v) is 22.5. The van der Waals surface area contributed by atoms with Gasteiger partial charge in [-0.25, -0.2) is 9.97 Å². The van der Waals surface area contributed by atoms with Gasteiger partial charge in [-0.3, -0.25) is 9.59 Å². The Balaban J connectivity index is 1.16. The van der Waals surface area contributed by atoms with Crippen LogP contribution in [0.5, 0.6) is 0 Å². The van der Waals surface area contributed by atoms with Crippen molar-refractivity contribution in [1.82, 2.24) is 19.8 Å². The van der Waals surface area contributed by atoms with E-state index in [2.05, 4.69) is 37.6 Å². The third-order valence-electron chi connectivity index (χ3n) is 6.90. The third-order valence-corrected chi connectivity index (χ3v) is 6.90. The fourth-order valence-electron chi connectivity index (χ4n) is 4.78. The number of amides is 2. The number of likely N-dealkylation sites (N-methyl/N-ethyl adjacent to an activating group) is 1. The van der Waals surface area contributed by atoms with Crippen molar-refractivity contribution >= 4 is 34.8 Å². The Kier molecular flexibility index (Phi) is 8.33. The van der Waals surface area contributed by atoms with E-state index in [0.29, 0.717) is 19.1 Å². The Bertz CT molecular complexity index is 1270. The van der Waals surface area contributed by atoms with Crippen LogP contribution in [0.25, 0.3) is 11.3 Å². The van der Waals surface area contributed by atoms with Crippen LogP contribution in [0, 0.1) is 0 Å². The molecule has 2 aromatic carbocycles. The molecule has 1 aromatic heterocycles. The van der Waals surface area contributed by atoms with Crippen molar-refractivity contribution in [2.45, 2.75) is 18.9 Å². The van der Waals surface area contributed by atoms with Gasteiger partial charge in [-0.2, -0.15) is 0 Å². The van der Waals surface area contributed by atoms with E-state index in [0.717, 1.165) is 67.3 Å². The minimum absolute atomic E-state index is 0.0999. The van der Waals surface area contributed by atoms with Crippen LogP contribution in [0.4, 0.5) is 23.0 Å². The van der Waals surface area contributed by atoms with E-state index in [4.69, 9.17) is 4.74 Å². The second kappa shape index (κ2) is 12.2. The number of carbonyl (C=O) groups excluding carboxylic acids is 2. The van der Waals surface area contributed by atoms with Crippen molar-refractivity contribution in [3.8, 4) is 11.3 Å². The van der Waals surface area contributed by atoms with E-state index in [-0.39, 0.29) is 17.9 Å². The molecule has 2 fully saturated rings. The van der Waals surface area contributed by atoms with Crippen LogP contribution in [0.15, 0.2) is 60.8 Å². The van der Waals surface area contributed by atoms with Gasteiger partial charge in [0, 0.05) is 61.6 Å². The summed E-state index contributed by atoms with van der Waals surface area (Å²) < 4.78 is 5.45. The summed E-state index contributed by atoms with van der Waals surface area (Å²) in [5.41, 5.74) is 4.45. The molecule has 204 valence electrons. The van der Waals surface area contributed by atoms with E-state index in [9.17, 15) is 9.59 Å². The average Bonchev–Trinajstić information content (AvgIpc) is 3.49. The van der Waals surface area contributed by atoms with Gasteiger partial charge >= 0.3 is 0 Å². The molecule has 10 nitrogen and oxygen atoms in total. The zero-order valence-electron chi connectivity index (χ0n) is 22.5. The summed E-state index contributed by atoms with van der Waals surface area (Å²) in [6.07, 6.45) is 3.05. The molecule has 0 bridgehead atoms. The Labute approximate surface area is 229 Å². The second-order valence-electron chi connectivity index (χ2n) is 10.1. The normalized spacial score (nSPS) is 17.4. The number of aromatic nitrogens is 2. The van der Waals surface area contributed by atoms with Crippen LogP contribution in [0.1, 0.15) is 12.8 Å². The molecular weight excluding hydrogens is 494 g/mol. The van der Waals surface area contributed by atoms with Gasteiger partial charge in [-0.1, -0.05) is 12.1 Å². The van der Waals surface area contributed by atoms with Crippen molar-refractivity contribution in [2.75, 3.05) is 69.0 Å². The first-order valence-electron chi connectivity index (χ1n) is 13.3. The molecule has 3 aromatic rings. The largest absolute Gasteiger partial charge is 0.368 e. The Morgan fingerprint density at radius 3 is 2.36 bits per heavy atom. The van der Waals surface area contributed by atoms with E-state index < -0.39 is 0 Å². The molecule has 5 rings (SSSR count). The van der Waals surface area contributed by atoms with Crippen LogP contribution in [0.2, 0.25) is 0 Å². The molecule has 0 unspecified atom stereocenters. The topological polar surface area (TPSA) is 103 Å². The average molecular weight is 530 g/mol. The predicted molar refractivity (Wildman–Crippen MR) is 152 cm³/mol. The summed E-state index contributed by atoms with van der Waals surface area (Å²) >= 11 is 0. The minimum atomic E-state index is -0.358. The highest BCUT2D eigenvalue weighted by Gasteiger charge is 2.24. The molecule has 0 spiro atoms. The van der Waals surface area contributed by atoms with E-state index in [1.165, 1.54) is 0 Å². The molecule has 0 aliphatic carbocycles. The SMILES string of the molecule is CN(C)CC(=O)N1CCN(c2ccc(Nc3nccc(-c4ccc(NC(=O)[C@H]5CCCO5)cc4)n3)cc2)CC1. The van der Waals surface area contributed by atoms with Crippen molar-refractivity contribution in [3.05, 3.63) is 60.8 Å². The van der Waals surface area contributed by atoms with Gasteiger partial charge < -0.3 is 30.1 Å². The van der Waals surface area contributed by atoms with E-state index >= 15 is 0 Å². The van der Waals surface area contributed by atoms with Crippen LogP contribution in [-0.2, 0) is 14.3 Å². The van der Waals surface area contributed by atoms with Crippen molar-refractivity contribution in [1.29, 1.82) is 0 Å². The molecule has 1 atom stereocenters. The minimum Gasteiger partial charge on any atom is -0.368 e. The van der Waals surface area contributed by atoms with Gasteiger partial charge in [0.25, 0.3) is 5.91 Å². The molecule has 3 heterocycles. The lowest BCUT2D eigenvalue weighted by Crippen LogP contribution is -2.50. The molecule has 2 aliphatic rings. The summed E-state index contributed by atoms with van der Waals surface area (Å²) in [5, 5.41) is 6.20. The highest BCUT2D eigenvalue weighted by atomic mass is 16.5. The Morgan fingerprint density at radius 2 is 1.69 bits per heavy atom. The second-order valence-corrected chi connectivity index (χ2v) is 10.1. The van der Waals surface area contributed by atoms with Gasteiger partial charge in [0.15, 0.2) is 0 Å². The molecule has 2 saturated heterocycles. The van der Waals surface area contributed by atoms with Gasteiger partial charge in [0.1, 0.15) is 6.10 Å². The third kappa shape index (κ3) is 6.90. The van der Waals surface area contributed by atoms with Crippen molar-refractivity contribution < 1.29 is 14.3 Å². The monoisotopic (exact) mass is 529 g/mol. The number of piperazine rings is 1. The lowest BCUT2D eigenvalue weighted by atomic mass is 10.1. The highest BCUT2D eigenvalue weighted by molar-refractivity contribution is 5.94. The smallest absolute Gasteiger partial charge is 0.253 e. The van der Waals surface area contributed by atoms with Gasteiger partial charge in [-0.15, -0.1) is 0 Å². The first-order valence-corrected chi connectivity index (χ1v) is 13.3. The lowest BCUT2D eigenvalue weighted by Gasteiger charge is -2.36. The van der Waals surface area contributed by atoms with Crippen LogP contribution >= 0.6 is 0 Å². The summed E-state index contributed by atoms with van der Waals surface area (Å²) in [4.78, 5) is 39.8. The standard InChI is InChI=1S/C29H35N7O3/c1-34(2)20-27(37)36-17-15-35(16-18-36)24-11-9-23(10-12-24)32-29-30-14-13-25(33-29)21-5-7-22(8-6-21)31-28(38)26-4-3-19-39-26/h5-14,26H,3-4,15-20H2,1-2H3,(H,31,38)(H,30,32,33)/t26-/m1/s1. The van der Waals surface area contributed by atoms with Crippen molar-refractivity contribution in [3.63, 3.8) is 0 Å². The van der Waals surface area contributed by atoms with Gasteiger partial charge in [0.05, 0.1) is 12.2 Å². The molecule has 39 heavy (non-hydrogen) atoms. The van der Waals surface area contributed by atoms with Crippen LogP contribution < -0.4 is 15.5 Å². The number of rotatable bonds is 8. The van der Waals surface area contributed by atoms with Gasteiger partial charge in [-0.05, 0) is 69.4 Å².